The molecule has 0 bridgehead atoms. The number of aryl methyl sites for hydroxylation is 2. The van der Waals surface area contributed by atoms with E-state index in [4.69, 9.17) is 11.6 Å². The van der Waals surface area contributed by atoms with Crippen LogP contribution in [-0.4, -0.2) is 20.6 Å². The van der Waals surface area contributed by atoms with Gasteiger partial charge < -0.3 is 4.57 Å². The normalized spacial score (nSPS) is 10.7. The fourth-order valence-corrected chi connectivity index (χ4v) is 2.38. The van der Waals surface area contributed by atoms with Gasteiger partial charge >= 0.3 is 0 Å². The van der Waals surface area contributed by atoms with Crippen molar-refractivity contribution in [1.29, 1.82) is 0 Å². The Hall–Kier alpha value is -1.20. The number of hydrogen-bond donors (Lipinski definition) is 0. The zero-order chi connectivity index (χ0) is 12.3. The minimum absolute atomic E-state index is 0.0417. The summed E-state index contributed by atoms with van der Waals surface area (Å²) in [6.45, 7) is 0. The van der Waals surface area contributed by atoms with Gasteiger partial charge in [-0.05, 0) is 12.5 Å². The quantitative estimate of drug-likeness (QED) is 0.799. The molecule has 0 aromatic carbocycles. The van der Waals surface area contributed by atoms with Gasteiger partial charge in [0.2, 0.25) is 0 Å². The van der Waals surface area contributed by atoms with Crippen LogP contribution in [-0.2, 0) is 13.5 Å². The van der Waals surface area contributed by atoms with Crippen molar-refractivity contribution in [3.63, 3.8) is 0 Å². The number of aromatic nitrogens is 3. The summed E-state index contributed by atoms with van der Waals surface area (Å²) in [6, 6.07) is 3.44. The zero-order valence-electron chi connectivity index (χ0n) is 9.39. The summed E-state index contributed by atoms with van der Waals surface area (Å²) in [5.41, 5.74) is 0.780. The van der Waals surface area contributed by atoms with E-state index in [-0.39, 0.29) is 5.56 Å². The van der Waals surface area contributed by atoms with E-state index in [1.165, 1.54) is 15.9 Å². The second kappa shape index (κ2) is 5.42. The molecule has 0 spiro atoms. The molecular formula is C11H12ClN3OS. The molecule has 0 atom stereocenters. The third-order valence-electron chi connectivity index (χ3n) is 2.34. The molecular weight excluding hydrogens is 258 g/mol. The topological polar surface area (TPSA) is 47.8 Å². The Balaban J connectivity index is 2.24. The van der Waals surface area contributed by atoms with E-state index >= 15 is 0 Å². The van der Waals surface area contributed by atoms with E-state index in [0.717, 1.165) is 28.4 Å². The average molecular weight is 270 g/mol. The lowest BCUT2D eigenvalue weighted by Gasteiger charge is -1.97. The molecule has 0 fully saturated rings. The molecule has 0 saturated carbocycles. The van der Waals surface area contributed by atoms with Crippen LogP contribution in [0.3, 0.4) is 0 Å². The Kier molecular flexibility index (Phi) is 3.91. The second-order valence-corrected chi connectivity index (χ2v) is 5.10. The smallest absolute Gasteiger partial charge is 0.250 e. The monoisotopic (exact) mass is 269 g/mol. The Bertz CT molecular complexity index is 564. The first-order valence-corrected chi connectivity index (χ1v) is 6.61. The Morgan fingerprint density at radius 1 is 1.47 bits per heavy atom. The van der Waals surface area contributed by atoms with Crippen LogP contribution < -0.4 is 5.56 Å². The van der Waals surface area contributed by atoms with Crippen LogP contribution in [0.5, 0.6) is 0 Å². The maximum atomic E-state index is 11.5. The molecule has 2 aromatic heterocycles. The van der Waals surface area contributed by atoms with E-state index in [1.54, 1.807) is 19.3 Å². The molecule has 2 rings (SSSR count). The molecule has 0 N–H and O–H groups in total. The van der Waals surface area contributed by atoms with Crippen LogP contribution in [0.15, 0.2) is 23.1 Å². The van der Waals surface area contributed by atoms with Gasteiger partial charge in [-0.3, -0.25) is 4.79 Å². The third-order valence-corrected chi connectivity index (χ3v) is 3.64. The number of pyridine rings is 1. The summed E-state index contributed by atoms with van der Waals surface area (Å²) in [5.74, 6) is 0.626. The van der Waals surface area contributed by atoms with Crippen molar-refractivity contribution in [3.05, 3.63) is 33.7 Å². The molecule has 2 aromatic rings. The van der Waals surface area contributed by atoms with Crippen LogP contribution in [0.1, 0.15) is 11.4 Å². The van der Waals surface area contributed by atoms with E-state index in [9.17, 15) is 4.79 Å². The molecule has 2 heterocycles. The fraction of sp³-hybridized carbons (Fsp3) is 0.364. The Morgan fingerprint density at radius 3 is 3.00 bits per heavy atom. The van der Waals surface area contributed by atoms with Crippen molar-refractivity contribution in [2.24, 2.45) is 7.05 Å². The summed E-state index contributed by atoms with van der Waals surface area (Å²) in [7, 11) is 1.72. The number of hydrogen-bond acceptors (Lipinski definition) is 4. The number of rotatable bonds is 4. The third kappa shape index (κ3) is 2.92. The molecule has 0 radical (unpaired) electrons. The largest absolute Gasteiger partial charge is 0.319 e. The molecule has 0 unspecified atom stereocenters. The van der Waals surface area contributed by atoms with E-state index in [1.807, 2.05) is 6.07 Å². The lowest BCUT2D eigenvalue weighted by Crippen LogP contribution is -2.13. The molecule has 0 amide bonds. The number of alkyl halides is 1. The Labute approximate surface area is 108 Å². The van der Waals surface area contributed by atoms with Gasteiger partial charge in [0.25, 0.3) is 5.56 Å². The standard InChI is InChI=1S/C11H12ClN3OS/c1-15-6-4-8(7-10(15)16)11-14-13-9(17-11)3-2-5-12/h4,6-7H,2-3,5H2,1H3. The fourth-order valence-electron chi connectivity index (χ4n) is 1.37. The molecule has 6 heteroatoms. The highest BCUT2D eigenvalue weighted by molar-refractivity contribution is 7.14. The van der Waals surface area contributed by atoms with Gasteiger partial charge in [0.15, 0.2) is 0 Å². The molecule has 90 valence electrons. The molecule has 0 aliphatic heterocycles. The van der Waals surface area contributed by atoms with Crippen molar-refractivity contribution in [2.75, 3.05) is 5.88 Å². The van der Waals surface area contributed by atoms with Crippen LogP contribution in [0.2, 0.25) is 0 Å². The van der Waals surface area contributed by atoms with Gasteiger partial charge in [-0.1, -0.05) is 11.3 Å². The van der Waals surface area contributed by atoms with Gasteiger partial charge in [0.05, 0.1) is 0 Å². The Morgan fingerprint density at radius 2 is 2.29 bits per heavy atom. The summed E-state index contributed by atoms with van der Waals surface area (Å²) in [5, 5.41) is 9.91. The average Bonchev–Trinajstić information content (AvgIpc) is 2.79. The highest BCUT2D eigenvalue weighted by Gasteiger charge is 2.07. The zero-order valence-corrected chi connectivity index (χ0v) is 11.0. The molecule has 4 nitrogen and oxygen atoms in total. The highest BCUT2D eigenvalue weighted by atomic mass is 35.5. The lowest BCUT2D eigenvalue weighted by molar-refractivity contribution is 0.860. The minimum Gasteiger partial charge on any atom is -0.319 e. The second-order valence-electron chi connectivity index (χ2n) is 3.66. The molecule has 0 saturated heterocycles. The SMILES string of the molecule is Cn1ccc(-c2nnc(CCCCl)s2)cc1=O. The molecule has 0 aliphatic rings. The van der Waals surface area contributed by atoms with Crippen molar-refractivity contribution < 1.29 is 0 Å². The minimum atomic E-state index is -0.0417. The van der Waals surface area contributed by atoms with Crippen LogP contribution in [0, 0.1) is 0 Å². The van der Waals surface area contributed by atoms with Crippen LogP contribution in [0.25, 0.3) is 10.6 Å². The van der Waals surface area contributed by atoms with Crippen molar-refractivity contribution in [2.45, 2.75) is 12.8 Å². The van der Waals surface area contributed by atoms with Crippen molar-refractivity contribution >= 4 is 22.9 Å². The summed E-state index contributed by atoms with van der Waals surface area (Å²) >= 11 is 7.14. The van der Waals surface area contributed by atoms with Crippen molar-refractivity contribution in [3.8, 4) is 10.6 Å². The molecule has 0 aliphatic carbocycles. The van der Waals surface area contributed by atoms with Crippen LogP contribution >= 0.6 is 22.9 Å². The first kappa shape index (κ1) is 12.3. The molecule has 17 heavy (non-hydrogen) atoms. The number of nitrogens with zero attached hydrogens (tertiary/aromatic N) is 3. The van der Waals surface area contributed by atoms with Gasteiger partial charge in [-0.25, -0.2) is 0 Å². The van der Waals surface area contributed by atoms with Gasteiger partial charge in [-0.2, -0.15) is 0 Å². The first-order valence-electron chi connectivity index (χ1n) is 5.26. The predicted octanol–water partition coefficient (Wildman–Crippen LogP) is 2.08. The maximum absolute atomic E-state index is 11.5. The summed E-state index contributed by atoms with van der Waals surface area (Å²) in [4.78, 5) is 11.5. The van der Waals surface area contributed by atoms with E-state index < -0.39 is 0 Å². The lowest BCUT2D eigenvalue weighted by atomic mass is 10.3. The van der Waals surface area contributed by atoms with Gasteiger partial charge in [0, 0.05) is 37.2 Å². The van der Waals surface area contributed by atoms with Crippen molar-refractivity contribution in [1.82, 2.24) is 14.8 Å². The maximum Gasteiger partial charge on any atom is 0.250 e. The van der Waals surface area contributed by atoms with Gasteiger partial charge in [-0.15, -0.1) is 21.8 Å². The van der Waals surface area contributed by atoms with Crippen LogP contribution in [0.4, 0.5) is 0 Å². The van der Waals surface area contributed by atoms with E-state index in [2.05, 4.69) is 10.2 Å². The predicted molar refractivity (Wildman–Crippen MR) is 69.6 cm³/mol. The summed E-state index contributed by atoms with van der Waals surface area (Å²) < 4.78 is 1.53. The summed E-state index contributed by atoms with van der Waals surface area (Å²) in [6.07, 6.45) is 3.47. The van der Waals surface area contributed by atoms with E-state index in [0.29, 0.717) is 5.88 Å². The number of halogens is 1. The van der Waals surface area contributed by atoms with Gasteiger partial charge in [0.1, 0.15) is 10.0 Å². The first-order chi connectivity index (χ1) is 8.20. The highest BCUT2D eigenvalue weighted by Crippen LogP contribution is 2.22.